The van der Waals surface area contributed by atoms with E-state index >= 15 is 0 Å². The third-order valence-electron chi connectivity index (χ3n) is 2.48. The first kappa shape index (κ1) is 10.2. The molecular weight excluding hydrogens is 195 g/mol. The van der Waals surface area contributed by atoms with Crippen LogP contribution in [0.1, 0.15) is 12.8 Å². The Hall–Kier alpha value is -1.29. The van der Waals surface area contributed by atoms with Crippen LogP contribution in [-0.2, 0) is 4.74 Å². The molecule has 0 aliphatic carbocycles. The van der Waals surface area contributed by atoms with Gasteiger partial charge >= 0.3 is 0 Å². The Morgan fingerprint density at radius 2 is 2.33 bits per heavy atom. The summed E-state index contributed by atoms with van der Waals surface area (Å²) in [6, 6.07) is 4.46. The monoisotopic (exact) mass is 210 g/mol. The van der Waals surface area contributed by atoms with Crippen LogP contribution in [0, 0.1) is 5.82 Å². The maximum atomic E-state index is 13.0. The first-order valence-electron chi connectivity index (χ1n) is 5.15. The molecule has 1 aliphatic rings. The molecular formula is C11H15FN2O. The molecule has 1 saturated heterocycles. The molecule has 4 heteroatoms. The Labute approximate surface area is 88.4 Å². The van der Waals surface area contributed by atoms with E-state index in [2.05, 4.69) is 5.32 Å². The summed E-state index contributed by atoms with van der Waals surface area (Å²) in [6.07, 6.45) is 2.42. The van der Waals surface area contributed by atoms with E-state index in [4.69, 9.17) is 10.5 Å². The Balaban J connectivity index is 1.92. The maximum Gasteiger partial charge on any atom is 0.127 e. The highest BCUT2D eigenvalue weighted by Gasteiger charge is 2.14. The van der Waals surface area contributed by atoms with Crippen molar-refractivity contribution in [2.24, 2.45) is 0 Å². The van der Waals surface area contributed by atoms with Crippen LogP contribution >= 0.6 is 0 Å². The molecule has 0 amide bonds. The summed E-state index contributed by atoms with van der Waals surface area (Å²) in [4.78, 5) is 0. The van der Waals surface area contributed by atoms with Crippen LogP contribution in [0.15, 0.2) is 18.2 Å². The molecule has 3 N–H and O–H groups in total. The summed E-state index contributed by atoms with van der Waals surface area (Å²) in [5.41, 5.74) is 6.68. The van der Waals surface area contributed by atoms with Crippen molar-refractivity contribution >= 4 is 11.4 Å². The molecule has 1 aromatic rings. The predicted molar refractivity (Wildman–Crippen MR) is 58.3 cm³/mol. The minimum absolute atomic E-state index is 0.245. The number of rotatable bonds is 3. The molecule has 3 nitrogen and oxygen atoms in total. The van der Waals surface area contributed by atoms with E-state index in [-0.39, 0.29) is 11.9 Å². The van der Waals surface area contributed by atoms with E-state index < -0.39 is 0 Å². The number of nitrogens with one attached hydrogen (secondary N) is 1. The van der Waals surface area contributed by atoms with E-state index in [0.29, 0.717) is 17.9 Å². The summed E-state index contributed by atoms with van der Waals surface area (Å²) in [5.74, 6) is -0.315. The molecule has 1 aromatic carbocycles. The van der Waals surface area contributed by atoms with Gasteiger partial charge in [0.15, 0.2) is 0 Å². The molecule has 82 valence electrons. The van der Waals surface area contributed by atoms with Crippen molar-refractivity contribution in [3.05, 3.63) is 24.0 Å². The van der Waals surface area contributed by atoms with Gasteiger partial charge in [-0.2, -0.15) is 0 Å². The van der Waals surface area contributed by atoms with E-state index in [1.807, 2.05) is 0 Å². The molecule has 0 saturated carbocycles. The lowest BCUT2D eigenvalue weighted by Crippen LogP contribution is -2.18. The lowest BCUT2D eigenvalue weighted by atomic mass is 10.2. The van der Waals surface area contributed by atoms with Gasteiger partial charge in [0.25, 0.3) is 0 Å². The molecule has 15 heavy (non-hydrogen) atoms. The first-order chi connectivity index (χ1) is 7.24. The van der Waals surface area contributed by atoms with Gasteiger partial charge in [0.05, 0.1) is 6.10 Å². The van der Waals surface area contributed by atoms with Crippen molar-refractivity contribution in [1.29, 1.82) is 0 Å². The topological polar surface area (TPSA) is 47.3 Å². The minimum Gasteiger partial charge on any atom is -0.399 e. The predicted octanol–water partition coefficient (Wildman–Crippen LogP) is 2.00. The second-order valence-corrected chi connectivity index (χ2v) is 3.79. The highest BCUT2D eigenvalue weighted by molar-refractivity contribution is 5.54. The number of benzene rings is 1. The minimum atomic E-state index is -0.315. The van der Waals surface area contributed by atoms with Crippen molar-refractivity contribution in [1.82, 2.24) is 0 Å². The van der Waals surface area contributed by atoms with Gasteiger partial charge < -0.3 is 15.8 Å². The standard InChI is InChI=1S/C11H15FN2O/c12-8-4-9(13)6-10(5-8)14-7-11-2-1-3-15-11/h4-6,11,14H,1-3,7,13H2. The van der Waals surface area contributed by atoms with Gasteiger partial charge in [0.2, 0.25) is 0 Å². The second-order valence-electron chi connectivity index (χ2n) is 3.79. The number of halogens is 1. The third kappa shape index (κ3) is 2.83. The second kappa shape index (κ2) is 4.49. The molecule has 1 aliphatic heterocycles. The zero-order valence-electron chi connectivity index (χ0n) is 8.50. The average molecular weight is 210 g/mol. The van der Waals surface area contributed by atoms with Gasteiger partial charge in [-0.15, -0.1) is 0 Å². The van der Waals surface area contributed by atoms with Crippen LogP contribution in [0.2, 0.25) is 0 Å². The number of ether oxygens (including phenoxy) is 1. The Bertz CT molecular complexity index is 317. The Kier molecular flexibility index (Phi) is 3.06. The third-order valence-corrected chi connectivity index (χ3v) is 2.48. The van der Waals surface area contributed by atoms with Crippen LogP contribution < -0.4 is 11.1 Å². The highest BCUT2D eigenvalue weighted by Crippen LogP contribution is 2.17. The number of hydrogen-bond donors (Lipinski definition) is 2. The van der Waals surface area contributed by atoms with Crippen LogP contribution in [-0.4, -0.2) is 19.3 Å². The fraction of sp³-hybridized carbons (Fsp3) is 0.455. The molecule has 0 bridgehead atoms. The van der Waals surface area contributed by atoms with E-state index in [1.54, 1.807) is 6.07 Å². The van der Waals surface area contributed by atoms with Crippen LogP contribution in [0.5, 0.6) is 0 Å². The molecule has 1 fully saturated rings. The zero-order chi connectivity index (χ0) is 10.7. The van der Waals surface area contributed by atoms with Gasteiger partial charge in [-0.05, 0) is 31.0 Å². The fourth-order valence-electron chi connectivity index (χ4n) is 1.75. The molecule has 0 aromatic heterocycles. The van der Waals surface area contributed by atoms with Crippen molar-refractivity contribution in [2.75, 3.05) is 24.2 Å². The first-order valence-corrected chi connectivity index (χ1v) is 5.15. The SMILES string of the molecule is Nc1cc(F)cc(NCC2CCCO2)c1. The fourth-order valence-corrected chi connectivity index (χ4v) is 1.75. The molecule has 1 unspecified atom stereocenters. The van der Waals surface area contributed by atoms with E-state index in [9.17, 15) is 4.39 Å². The van der Waals surface area contributed by atoms with Crippen LogP contribution in [0.25, 0.3) is 0 Å². The maximum absolute atomic E-state index is 13.0. The number of nitrogen functional groups attached to an aromatic ring is 1. The number of nitrogens with two attached hydrogens (primary N) is 1. The average Bonchev–Trinajstić information content (AvgIpc) is 2.65. The summed E-state index contributed by atoms with van der Waals surface area (Å²) in [6.45, 7) is 1.54. The summed E-state index contributed by atoms with van der Waals surface area (Å²) < 4.78 is 18.4. The lowest BCUT2D eigenvalue weighted by Gasteiger charge is -2.12. The van der Waals surface area contributed by atoms with Crippen molar-refractivity contribution in [3.63, 3.8) is 0 Å². The summed E-state index contributed by atoms with van der Waals surface area (Å²) in [7, 11) is 0. The Morgan fingerprint density at radius 3 is 3.00 bits per heavy atom. The molecule has 1 heterocycles. The molecule has 1 atom stereocenters. The quantitative estimate of drug-likeness (QED) is 0.750. The molecule has 2 rings (SSSR count). The summed E-state index contributed by atoms with van der Waals surface area (Å²) in [5, 5.41) is 3.12. The molecule has 0 radical (unpaired) electrons. The number of hydrogen-bond acceptors (Lipinski definition) is 3. The smallest absolute Gasteiger partial charge is 0.127 e. The van der Waals surface area contributed by atoms with Crippen LogP contribution in [0.4, 0.5) is 15.8 Å². The van der Waals surface area contributed by atoms with Crippen LogP contribution in [0.3, 0.4) is 0 Å². The van der Waals surface area contributed by atoms with Crippen molar-refractivity contribution in [3.8, 4) is 0 Å². The Morgan fingerprint density at radius 1 is 1.47 bits per heavy atom. The highest BCUT2D eigenvalue weighted by atomic mass is 19.1. The molecule has 0 spiro atoms. The van der Waals surface area contributed by atoms with Gasteiger partial charge in [-0.3, -0.25) is 0 Å². The zero-order valence-corrected chi connectivity index (χ0v) is 8.50. The van der Waals surface area contributed by atoms with Crippen molar-refractivity contribution < 1.29 is 9.13 Å². The lowest BCUT2D eigenvalue weighted by molar-refractivity contribution is 0.120. The van der Waals surface area contributed by atoms with E-state index in [1.165, 1.54) is 12.1 Å². The van der Waals surface area contributed by atoms with Gasteiger partial charge in [-0.25, -0.2) is 4.39 Å². The number of anilines is 2. The van der Waals surface area contributed by atoms with Gasteiger partial charge in [0, 0.05) is 24.5 Å². The van der Waals surface area contributed by atoms with Gasteiger partial charge in [0.1, 0.15) is 5.82 Å². The van der Waals surface area contributed by atoms with E-state index in [0.717, 1.165) is 19.4 Å². The van der Waals surface area contributed by atoms with Crippen molar-refractivity contribution in [2.45, 2.75) is 18.9 Å². The summed E-state index contributed by atoms with van der Waals surface area (Å²) >= 11 is 0. The normalized spacial score (nSPS) is 20.5. The largest absolute Gasteiger partial charge is 0.399 e. The van der Waals surface area contributed by atoms with Gasteiger partial charge in [-0.1, -0.05) is 0 Å².